The molecule has 0 saturated heterocycles. The van der Waals surface area contributed by atoms with Crippen molar-refractivity contribution in [3.05, 3.63) is 71.0 Å². The number of aliphatic hydroxyl groups is 1. The molecule has 112 valence electrons. The topological polar surface area (TPSA) is 20.2 Å². The summed E-state index contributed by atoms with van der Waals surface area (Å²) in [6.45, 7) is 1.43. The van der Waals surface area contributed by atoms with E-state index in [2.05, 4.69) is 0 Å². The molecule has 0 heterocycles. The van der Waals surface area contributed by atoms with E-state index < -0.39 is 23.2 Å². The third-order valence-corrected chi connectivity index (χ3v) is 3.28. The van der Waals surface area contributed by atoms with E-state index in [1.807, 2.05) is 0 Å². The summed E-state index contributed by atoms with van der Waals surface area (Å²) in [5, 5.41) is 10.4. The summed E-state index contributed by atoms with van der Waals surface area (Å²) < 4.78 is 51.1. The molecule has 2 aromatic carbocycles. The van der Waals surface area contributed by atoms with Gasteiger partial charge in [0.05, 0.1) is 11.2 Å². The van der Waals surface area contributed by atoms with Crippen molar-refractivity contribution in [1.29, 1.82) is 0 Å². The third-order valence-electron chi connectivity index (χ3n) is 3.28. The molecule has 21 heavy (non-hydrogen) atoms. The van der Waals surface area contributed by atoms with Crippen LogP contribution in [0.15, 0.2) is 48.5 Å². The van der Waals surface area contributed by atoms with Crippen molar-refractivity contribution in [3.63, 3.8) is 0 Å². The highest BCUT2D eigenvalue weighted by molar-refractivity contribution is 5.30. The second-order valence-corrected chi connectivity index (χ2v) is 5.13. The highest BCUT2D eigenvalue weighted by Crippen LogP contribution is 2.31. The van der Waals surface area contributed by atoms with Crippen LogP contribution in [-0.2, 0) is 18.2 Å². The smallest absolute Gasteiger partial charge is 0.385 e. The van der Waals surface area contributed by atoms with Crippen LogP contribution in [-0.4, -0.2) is 5.11 Å². The van der Waals surface area contributed by atoms with Gasteiger partial charge in [-0.15, -0.1) is 0 Å². The third kappa shape index (κ3) is 3.61. The first-order valence-corrected chi connectivity index (χ1v) is 6.34. The van der Waals surface area contributed by atoms with E-state index in [1.165, 1.54) is 37.3 Å². The van der Waals surface area contributed by atoms with Crippen LogP contribution in [0.4, 0.5) is 17.6 Å². The molecular weight excluding hydrogens is 284 g/mol. The number of benzene rings is 2. The molecule has 1 atom stereocenters. The Labute approximate surface area is 119 Å². The maximum atomic E-state index is 13.7. The highest BCUT2D eigenvalue weighted by atomic mass is 19.4. The lowest BCUT2D eigenvalue weighted by atomic mass is 9.88. The normalized spacial score (nSPS) is 14.8. The Balaban J connectivity index is 2.23. The van der Waals surface area contributed by atoms with Gasteiger partial charge in [0.1, 0.15) is 5.82 Å². The molecule has 0 aromatic heterocycles. The molecule has 0 fully saturated rings. The quantitative estimate of drug-likeness (QED) is 0.838. The van der Waals surface area contributed by atoms with Gasteiger partial charge in [0.15, 0.2) is 0 Å². The first-order chi connectivity index (χ1) is 9.70. The molecule has 0 amide bonds. The van der Waals surface area contributed by atoms with Gasteiger partial charge >= 0.3 is 6.18 Å². The Hall–Kier alpha value is -1.88. The summed E-state index contributed by atoms with van der Waals surface area (Å²) in [5.74, 6) is -0.547. The van der Waals surface area contributed by atoms with Gasteiger partial charge in [-0.1, -0.05) is 30.3 Å². The lowest BCUT2D eigenvalue weighted by molar-refractivity contribution is -0.137. The van der Waals surface area contributed by atoms with Gasteiger partial charge in [-0.05, 0) is 30.7 Å². The number of alkyl halides is 3. The first-order valence-electron chi connectivity index (χ1n) is 6.34. The fourth-order valence-corrected chi connectivity index (χ4v) is 2.20. The Bertz CT molecular complexity index is 615. The average molecular weight is 298 g/mol. The van der Waals surface area contributed by atoms with Crippen LogP contribution in [0.1, 0.15) is 23.6 Å². The molecule has 0 aliphatic carbocycles. The van der Waals surface area contributed by atoms with Crippen LogP contribution in [0.25, 0.3) is 0 Å². The number of hydrogen-bond acceptors (Lipinski definition) is 1. The van der Waals surface area contributed by atoms with Crippen LogP contribution in [0.2, 0.25) is 0 Å². The molecule has 1 N–H and O–H groups in total. The zero-order valence-electron chi connectivity index (χ0n) is 11.3. The fraction of sp³-hybridized carbons (Fsp3) is 0.250. The summed E-state index contributed by atoms with van der Waals surface area (Å²) in [5.41, 5.74) is -1.64. The zero-order chi connectivity index (χ0) is 15.7. The van der Waals surface area contributed by atoms with Crippen molar-refractivity contribution in [2.75, 3.05) is 0 Å². The lowest BCUT2D eigenvalue weighted by Gasteiger charge is -2.24. The molecule has 1 nitrogen and oxygen atoms in total. The van der Waals surface area contributed by atoms with Gasteiger partial charge < -0.3 is 5.11 Å². The van der Waals surface area contributed by atoms with E-state index in [0.717, 1.165) is 12.1 Å². The van der Waals surface area contributed by atoms with Gasteiger partial charge in [0.25, 0.3) is 0 Å². The number of hydrogen-bond donors (Lipinski definition) is 1. The Morgan fingerprint density at radius 2 is 1.52 bits per heavy atom. The largest absolute Gasteiger partial charge is 0.416 e. The summed E-state index contributed by atoms with van der Waals surface area (Å²) in [4.78, 5) is 0. The van der Waals surface area contributed by atoms with Gasteiger partial charge in [0.2, 0.25) is 0 Å². The second kappa shape index (κ2) is 5.48. The molecule has 0 saturated carbocycles. The molecule has 0 aliphatic heterocycles. The van der Waals surface area contributed by atoms with Crippen LogP contribution >= 0.6 is 0 Å². The Kier molecular flexibility index (Phi) is 4.05. The van der Waals surface area contributed by atoms with Crippen molar-refractivity contribution in [2.45, 2.75) is 25.1 Å². The molecule has 0 radical (unpaired) electrons. The molecule has 5 heteroatoms. The molecule has 1 unspecified atom stereocenters. The standard InChI is InChI=1S/C16H14F4O/c1-15(21,13-4-2-3-5-14(13)17)10-11-6-8-12(9-7-11)16(18,19)20/h2-9,21H,10H2,1H3. The number of halogens is 4. The summed E-state index contributed by atoms with van der Waals surface area (Å²) in [7, 11) is 0. The monoisotopic (exact) mass is 298 g/mol. The van der Waals surface area contributed by atoms with Crippen molar-refractivity contribution < 1.29 is 22.7 Å². The van der Waals surface area contributed by atoms with Crippen LogP contribution in [0.5, 0.6) is 0 Å². The van der Waals surface area contributed by atoms with E-state index in [1.54, 1.807) is 6.07 Å². The summed E-state index contributed by atoms with van der Waals surface area (Å²) in [6, 6.07) is 10.3. The SMILES string of the molecule is CC(O)(Cc1ccc(C(F)(F)F)cc1)c1ccccc1F. The van der Waals surface area contributed by atoms with E-state index in [-0.39, 0.29) is 12.0 Å². The average Bonchev–Trinajstić information content (AvgIpc) is 2.38. The molecule has 2 rings (SSSR count). The molecule has 0 aliphatic rings. The van der Waals surface area contributed by atoms with Crippen molar-refractivity contribution in [1.82, 2.24) is 0 Å². The number of rotatable bonds is 3. The van der Waals surface area contributed by atoms with E-state index in [9.17, 15) is 22.7 Å². The van der Waals surface area contributed by atoms with Crippen molar-refractivity contribution >= 4 is 0 Å². The zero-order valence-corrected chi connectivity index (χ0v) is 11.3. The Morgan fingerprint density at radius 1 is 0.952 bits per heavy atom. The summed E-state index contributed by atoms with van der Waals surface area (Å²) >= 11 is 0. The highest BCUT2D eigenvalue weighted by Gasteiger charge is 2.31. The molecule has 0 spiro atoms. The van der Waals surface area contributed by atoms with Crippen LogP contribution < -0.4 is 0 Å². The lowest BCUT2D eigenvalue weighted by Crippen LogP contribution is -2.25. The predicted octanol–water partition coefficient (Wildman–Crippen LogP) is 4.29. The van der Waals surface area contributed by atoms with Gasteiger partial charge in [-0.2, -0.15) is 13.2 Å². The minimum Gasteiger partial charge on any atom is -0.385 e. The Morgan fingerprint density at radius 3 is 2.05 bits per heavy atom. The van der Waals surface area contributed by atoms with Gasteiger partial charge in [-0.25, -0.2) is 4.39 Å². The van der Waals surface area contributed by atoms with Crippen molar-refractivity contribution in [2.24, 2.45) is 0 Å². The van der Waals surface area contributed by atoms with Crippen LogP contribution in [0, 0.1) is 5.82 Å². The summed E-state index contributed by atoms with van der Waals surface area (Å²) in [6.07, 6.45) is -4.38. The molecular formula is C16H14F4O. The van der Waals surface area contributed by atoms with Gasteiger partial charge in [0, 0.05) is 12.0 Å². The maximum Gasteiger partial charge on any atom is 0.416 e. The van der Waals surface area contributed by atoms with Crippen LogP contribution in [0.3, 0.4) is 0 Å². The predicted molar refractivity (Wildman–Crippen MR) is 71.1 cm³/mol. The van der Waals surface area contributed by atoms with E-state index in [0.29, 0.717) is 5.56 Å². The maximum absolute atomic E-state index is 13.7. The molecule has 2 aromatic rings. The molecule has 0 bridgehead atoms. The van der Waals surface area contributed by atoms with Crippen molar-refractivity contribution in [3.8, 4) is 0 Å². The van der Waals surface area contributed by atoms with E-state index >= 15 is 0 Å². The minimum absolute atomic E-state index is 0.0199. The van der Waals surface area contributed by atoms with E-state index in [4.69, 9.17) is 0 Å². The van der Waals surface area contributed by atoms with Gasteiger partial charge in [-0.3, -0.25) is 0 Å². The minimum atomic E-state index is -4.40. The second-order valence-electron chi connectivity index (χ2n) is 5.13. The fourth-order valence-electron chi connectivity index (χ4n) is 2.20. The first kappa shape index (κ1) is 15.5.